The summed E-state index contributed by atoms with van der Waals surface area (Å²) in [6, 6.07) is 14.5. The Morgan fingerprint density at radius 2 is 1.77 bits per heavy atom. The van der Waals surface area contributed by atoms with Gasteiger partial charge in [-0.1, -0.05) is 24.3 Å². The highest BCUT2D eigenvalue weighted by molar-refractivity contribution is 6.20. The van der Waals surface area contributed by atoms with Gasteiger partial charge in [-0.15, -0.1) is 0 Å². The fourth-order valence-electron chi connectivity index (χ4n) is 2.39. The molecule has 0 saturated carbocycles. The lowest BCUT2D eigenvalue weighted by Crippen LogP contribution is -2.25. The molecule has 2 aromatic rings. The first-order valence-corrected chi connectivity index (χ1v) is 7.00. The summed E-state index contributed by atoms with van der Waals surface area (Å²) in [5.74, 6) is -0.427. The van der Waals surface area contributed by atoms with Gasteiger partial charge in [0.2, 0.25) is 5.78 Å². The van der Waals surface area contributed by atoms with Gasteiger partial charge in [-0.2, -0.15) is 0 Å². The van der Waals surface area contributed by atoms with Crippen LogP contribution in [0.15, 0.2) is 54.2 Å². The lowest BCUT2D eigenvalue weighted by Gasteiger charge is -2.13. The maximum Gasteiger partial charge on any atom is 0.255 e. The molecule has 0 unspecified atom stereocenters. The van der Waals surface area contributed by atoms with Gasteiger partial charge in [0.25, 0.3) is 5.91 Å². The molecule has 1 aliphatic carbocycles. The van der Waals surface area contributed by atoms with Crippen LogP contribution >= 0.6 is 0 Å². The Morgan fingerprint density at radius 1 is 1.05 bits per heavy atom. The summed E-state index contributed by atoms with van der Waals surface area (Å²) in [5, 5.41) is 2.70. The van der Waals surface area contributed by atoms with Gasteiger partial charge in [-0.25, -0.2) is 0 Å². The molecule has 0 fully saturated rings. The smallest absolute Gasteiger partial charge is 0.255 e. The molecule has 0 spiro atoms. The van der Waals surface area contributed by atoms with E-state index in [-0.39, 0.29) is 11.7 Å². The minimum atomic E-state index is -0.277. The first-order valence-electron chi connectivity index (χ1n) is 7.00. The van der Waals surface area contributed by atoms with E-state index in [1.807, 2.05) is 43.3 Å². The fourth-order valence-corrected chi connectivity index (χ4v) is 2.39. The number of rotatable bonds is 3. The third-order valence-corrected chi connectivity index (χ3v) is 3.63. The number of nitrogens with one attached hydrogen (secondary N) is 1. The number of benzene rings is 2. The van der Waals surface area contributed by atoms with E-state index in [4.69, 9.17) is 0 Å². The number of ketones is 1. The zero-order chi connectivity index (χ0) is 15.7. The average molecular weight is 292 g/mol. The zero-order valence-corrected chi connectivity index (χ0v) is 12.5. The number of Topliss-reactive ketones (excluding diaryl/α,β-unsaturated/α-hetero) is 1. The molecular weight excluding hydrogens is 276 g/mol. The molecule has 3 rings (SSSR count). The maximum atomic E-state index is 12.4. The largest absolute Gasteiger partial charge is 0.378 e. The number of amides is 1. The third kappa shape index (κ3) is 2.51. The van der Waals surface area contributed by atoms with Crippen molar-refractivity contribution >= 4 is 23.5 Å². The molecule has 0 heterocycles. The first kappa shape index (κ1) is 14.1. The maximum absolute atomic E-state index is 12.4. The number of hydrogen-bond donors (Lipinski definition) is 1. The Labute approximate surface area is 129 Å². The quantitative estimate of drug-likeness (QED) is 0.946. The Morgan fingerprint density at radius 3 is 2.45 bits per heavy atom. The van der Waals surface area contributed by atoms with E-state index >= 15 is 0 Å². The molecule has 4 heteroatoms. The average Bonchev–Trinajstić information content (AvgIpc) is 2.84. The Bertz CT molecular complexity index is 777. The Balaban J connectivity index is 1.83. The predicted octanol–water partition coefficient (Wildman–Crippen LogP) is 2.72. The standard InChI is InChI=1S/C18H16N2O2/c1-20(2)14-9-8-13-10-16(17(21)15(13)11-14)19-18(22)12-6-4-3-5-7-12/h3-11H,1-2H3,(H,19,21,22). The van der Waals surface area contributed by atoms with Crippen LogP contribution in [-0.4, -0.2) is 25.8 Å². The SMILES string of the molecule is CN(C)c1ccc2c(c1)C(=O)C(NC(=O)c1ccccc1)=C2. The van der Waals surface area contributed by atoms with Gasteiger partial charge in [0.05, 0.1) is 5.70 Å². The highest BCUT2D eigenvalue weighted by Gasteiger charge is 2.24. The van der Waals surface area contributed by atoms with Crippen LogP contribution in [0.1, 0.15) is 26.3 Å². The number of hydrogen-bond acceptors (Lipinski definition) is 3. The summed E-state index contributed by atoms with van der Waals surface area (Å²) >= 11 is 0. The molecule has 1 N–H and O–H groups in total. The van der Waals surface area contributed by atoms with Crippen molar-refractivity contribution in [1.82, 2.24) is 5.32 Å². The Kier molecular flexibility index (Phi) is 3.51. The molecule has 0 bridgehead atoms. The lowest BCUT2D eigenvalue weighted by atomic mass is 10.1. The van der Waals surface area contributed by atoms with Crippen molar-refractivity contribution in [2.24, 2.45) is 0 Å². The lowest BCUT2D eigenvalue weighted by molar-refractivity contribution is 0.0936. The fraction of sp³-hybridized carbons (Fsp3) is 0.111. The zero-order valence-electron chi connectivity index (χ0n) is 12.5. The van der Waals surface area contributed by atoms with Crippen molar-refractivity contribution in [2.75, 3.05) is 19.0 Å². The van der Waals surface area contributed by atoms with Crippen LogP contribution in [0.25, 0.3) is 6.08 Å². The van der Waals surface area contributed by atoms with E-state index < -0.39 is 0 Å². The summed E-state index contributed by atoms with van der Waals surface area (Å²) in [5.41, 5.74) is 3.26. The van der Waals surface area contributed by atoms with Crippen molar-refractivity contribution in [1.29, 1.82) is 0 Å². The Hall–Kier alpha value is -2.88. The number of carbonyl (C=O) groups is 2. The molecule has 4 nitrogen and oxygen atoms in total. The molecule has 0 radical (unpaired) electrons. The van der Waals surface area contributed by atoms with E-state index in [2.05, 4.69) is 5.32 Å². The number of nitrogens with zero attached hydrogens (tertiary/aromatic N) is 1. The van der Waals surface area contributed by atoms with Crippen LogP contribution in [0.4, 0.5) is 5.69 Å². The summed E-state index contributed by atoms with van der Waals surface area (Å²) in [6.07, 6.45) is 1.72. The second-order valence-corrected chi connectivity index (χ2v) is 5.37. The van der Waals surface area contributed by atoms with Crippen LogP contribution in [0.5, 0.6) is 0 Å². The van der Waals surface area contributed by atoms with E-state index in [1.54, 1.807) is 30.3 Å². The minimum Gasteiger partial charge on any atom is -0.378 e. The summed E-state index contributed by atoms with van der Waals surface area (Å²) in [4.78, 5) is 26.5. The predicted molar refractivity (Wildman–Crippen MR) is 87.0 cm³/mol. The normalized spacial score (nSPS) is 12.6. The van der Waals surface area contributed by atoms with Crippen molar-refractivity contribution in [3.05, 3.63) is 70.9 Å². The highest BCUT2D eigenvalue weighted by Crippen LogP contribution is 2.27. The van der Waals surface area contributed by atoms with E-state index in [0.717, 1.165) is 11.3 Å². The highest BCUT2D eigenvalue weighted by atomic mass is 16.2. The van der Waals surface area contributed by atoms with Gasteiger partial charge in [0.15, 0.2) is 0 Å². The molecule has 1 amide bonds. The first-order chi connectivity index (χ1) is 10.6. The van der Waals surface area contributed by atoms with Crippen LogP contribution < -0.4 is 10.2 Å². The van der Waals surface area contributed by atoms with Gasteiger partial charge in [0.1, 0.15) is 0 Å². The molecular formula is C18H16N2O2. The monoisotopic (exact) mass is 292 g/mol. The minimum absolute atomic E-state index is 0.150. The van der Waals surface area contributed by atoms with Crippen molar-refractivity contribution in [2.45, 2.75) is 0 Å². The van der Waals surface area contributed by atoms with Crippen LogP contribution in [0, 0.1) is 0 Å². The number of allylic oxidation sites excluding steroid dienone is 1. The molecule has 110 valence electrons. The second kappa shape index (κ2) is 5.48. The van der Waals surface area contributed by atoms with Gasteiger partial charge >= 0.3 is 0 Å². The summed E-state index contributed by atoms with van der Waals surface area (Å²) in [6.45, 7) is 0. The summed E-state index contributed by atoms with van der Waals surface area (Å²) < 4.78 is 0. The molecule has 0 aliphatic heterocycles. The van der Waals surface area contributed by atoms with Gasteiger partial charge < -0.3 is 10.2 Å². The summed E-state index contributed by atoms with van der Waals surface area (Å²) in [7, 11) is 3.85. The van der Waals surface area contributed by atoms with Crippen molar-refractivity contribution < 1.29 is 9.59 Å². The van der Waals surface area contributed by atoms with Crippen molar-refractivity contribution in [3.63, 3.8) is 0 Å². The van der Waals surface area contributed by atoms with Crippen molar-refractivity contribution in [3.8, 4) is 0 Å². The molecule has 1 aliphatic rings. The van der Waals surface area contributed by atoms with Crippen LogP contribution in [0.3, 0.4) is 0 Å². The van der Waals surface area contributed by atoms with Gasteiger partial charge in [0, 0.05) is 30.9 Å². The topological polar surface area (TPSA) is 49.4 Å². The molecule has 0 atom stereocenters. The second-order valence-electron chi connectivity index (χ2n) is 5.37. The van der Waals surface area contributed by atoms with Crippen LogP contribution in [-0.2, 0) is 0 Å². The number of carbonyl (C=O) groups excluding carboxylic acids is 2. The van der Waals surface area contributed by atoms with E-state index in [9.17, 15) is 9.59 Å². The molecule has 0 saturated heterocycles. The number of anilines is 1. The third-order valence-electron chi connectivity index (χ3n) is 3.63. The number of fused-ring (bicyclic) bond motifs is 1. The van der Waals surface area contributed by atoms with E-state index in [1.165, 1.54) is 0 Å². The van der Waals surface area contributed by atoms with E-state index in [0.29, 0.717) is 16.8 Å². The molecule has 22 heavy (non-hydrogen) atoms. The molecule has 0 aromatic heterocycles. The van der Waals surface area contributed by atoms with Gasteiger partial charge in [-0.3, -0.25) is 9.59 Å². The van der Waals surface area contributed by atoms with Crippen LogP contribution in [0.2, 0.25) is 0 Å². The van der Waals surface area contributed by atoms with Gasteiger partial charge in [-0.05, 0) is 35.9 Å². The molecule has 2 aromatic carbocycles.